The summed E-state index contributed by atoms with van der Waals surface area (Å²) < 4.78 is 0. The Kier molecular flexibility index (Phi) is 1.71. The molecule has 0 radical (unpaired) electrons. The molecular formula is C9H6ClN3. The number of aryl methyl sites for hydroxylation is 1. The van der Waals surface area contributed by atoms with Crippen molar-refractivity contribution in [3.63, 3.8) is 0 Å². The molecule has 0 aliphatic heterocycles. The van der Waals surface area contributed by atoms with Gasteiger partial charge in [0.25, 0.3) is 0 Å². The molecule has 1 N–H and O–H groups in total. The predicted octanol–water partition coefficient (Wildman–Crippen LogP) is 2.40. The van der Waals surface area contributed by atoms with Crippen molar-refractivity contribution in [2.45, 2.75) is 6.92 Å². The van der Waals surface area contributed by atoms with E-state index in [2.05, 4.69) is 9.97 Å². The number of fused-ring (bicyclic) bond motifs is 1. The molecular weight excluding hydrogens is 186 g/mol. The molecule has 0 aliphatic carbocycles. The lowest BCUT2D eigenvalue weighted by Gasteiger charge is -1.94. The lowest BCUT2D eigenvalue weighted by Crippen LogP contribution is -1.82. The van der Waals surface area contributed by atoms with E-state index in [1.807, 2.05) is 19.1 Å². The molecule has 2 aromatic heterocycles. The van der Waals surface area contributed by atoms with Crippen LogP contribution in [0.15, 0.2) is 12.3 Å². The molecule has 0 saturated heterocycles. The van der Waals surface area contributed by atoms with Crippen LogP contribution in [0, 0.1) is 18.3 Å². The Morgan fingerprint density at radius 1 is 1.62 bits per heavy atom. The SMILES string of the molecule is Cc1cc2c(Cl)c(C#N)cnc2[nH]1. The molecule has 0 fully saturated rings. The van der Waals surface area contributed by atoms with Crippen LogP contribution in [0.3, 0.4) is 0 Å². The number of hydrogen-bond acceptors (Lipinski definition) is 2. The fraction of sp³-hybridized carbons (Fsp3) is 0.111. The maximum atomic E-state index is 8.70. The van der Waals surface area contributed by atoms with Gasteiger partial charge < -0.3 is 4.98 Å². The molecule has 2 aromatic rings. The molecule has 4 heteroatoms. The number of rotatable bonds is 0. The van der Waals surface area contributed by atoms with Crippen LogP contribution >= 0.6 is 11.6 Å². The van der Waals surface area contributed by atoms with Gasteiger partial charge in [-0.2, -0.15) is 5.26 Å². The van der Waals surface area contributed by atoms with Gasteiger partial charge in [0, 0.05) is 17.3 Å². The Labute approximate surface area is 80.0 Å². The zero-order valence-electron chi connectivity index (χ0n) is 6.93. The summed E-state index contributed by atoms with van der Waals surface area (Å²) in [6.45, 7) is 1.92. The third kappa shape index (κ3) is 1.16. The van der Waals surface area contributed by atoms with E-state index in [-0.39, 0.29) is 0 Å². The van der Waals surface area contributed by atoms with Crippen molar-refractivity contribution in [3.8, 4) is 6.07 Å². The highest BCUT2D eigenvalue weighted by atomic mass is 35.5. The first-order valence-corrected chi connectivity index (χ1v) is 4.14. The normalized spacial score (nSPS) is 10.2. The molecule has 0 aromatic carbocycles. The van der Waals surface area contributed by atoms with Gasteiger partial charge in [-0.25, -0.2) is 4.98 Å². The molecule has 0 unspecified atom stereocenters. The second-order valence-electron chi connectivity index (χ2n) is 2.81. The minimum absolute atomic E-state index is 0.410. The van der Waals surface area contributed by atoms with Gasteiger partial charge >= 0.3 is 0 Å². The van der Waals surface area contributed by atoms with Crippen LogP contribution in [0.25, 0.3) is 11.0 Å². The largest absolute Gasteiger partial charge is 0.344 e. The average molecular weight is 192 g/mol. The number of nitrogens with one attached hydrogen (secondary N) is 1. The van der Waals surface area contributed by atoms with Gasteiger partial charge in [0.15, 0.2) is 0 Å². The summed E-state index contributed by atoms with van der Waals surface area (Å²) in [7, 11) is 0. The summed E-state index contributed by atoms with van der Waals surface area (Å²) in [4.78, 5) is 7.12. The monoisotopic (exact) mass is 191 g/mol. The fourth-order valence-electron chi connectivity index (χ4n) is 1.25. The van der Waals surface area contributed by atoms with E-state index in [1.165, 1.54) is 6.20 Å². The summed E-state index contributed by atoms with van der Waals surface area (Å²) in [5, 5.41) is 9.97. The summed E-state index contributed by atoms with van der Waals surface area (Å²) in [5.74, 6) is 0. The predicted molar refractivity (Wildman–Crippen MR) is 50.6 cm³/mol. The Balaban J connectivity index is 2.87. The van der Waals surface area contributed by atoms with E-state index >= 15 is 0 Å². The molecule has 0 atom stereocenters. The van der Waals surface area contributed by atoms with Crippen LogP contribution in [0.2, 0.25) is 5.02 Å². The minimum atomic E-state index is 0.410. The van der Waals surface area contributed by atoms with Gasteiger partial charge in [-0.1, -0.05) is 11.6 Å². The number of nitrogens with zero attached hydrogens (tertiary/aromatic N) is 2. The Bertz CT molecular complexity index is 507. The van der Waals surface area contributed by atoms with Crippen LogP contribution in [0.1, 0.15) is 11.3 Å². The average Bonchev–Trinajstić information content (AvgIpc) is 2.47. The van der Waals surface area contributed by atoms with Gasteiger partial charge in [-0.3, -0.25) is 0 Å². The van der Waals surface area contributed by atoms with Crippen molar-refractivity contribution in [2.75, 3.05) is 0 Å². The van der Waals surface area contributed by atoms with Gasteiger partial charge in [-0.05, 0) is 13.0 Å². The van der Waals surface area contributed by atoms with E-state index in [4.69, 9.17) is 16.9 Å². The van der Waals surface area contributed by atoms with E-state index < -0.39 is 0 Å². The molecule has 0 spiro atoms. The maximum Gasteiger partial charge on any atom is 0.139 e. The molecule has 3 nitrogen and oxygen atoms in total. The number of aromatic amines is 1. The summed E-state index contributed by atoms with van der Waals surface area (Å²) >= 11 is 5.97. The number of pyridine rings is 1. The van der Waals surface area contributed by atoms with Crippen molar-refractivity contribution >= 4 is 22.6 Å². The lowest BCUT2D eigenvalue weighted by molar-refractivity contribution is 1.24. The number of nitriles is 1. The number of aromatic nitrogens is 2. The summed E-state index contributed by atoms with van der Waals surface area (Å²) in [6, 6.07) is 3.87. The standard InChI is InChI=1S/C9H6ClN3/c1-5-2-7-8(10)6(3-11)4-12-9(7)13-5/h2,4H,1H3,(H,12,13). The maximum absolute atomic E-state index is 8.70. The zero-order valence-corrected chi connectivity index (χ0v) is 7.68. The van der Waals surface area contributed by atoms with Crippen molar-refractivity contribution in [1.82, 2.24) is 9.97 Å². The van der Waals surface area contributed by atoms with E-state index in [0.717, 1.165) is 16.7 Å². The summed E-state index contributed by atoms with van der Waals surface area (Å²) in [6.07, 6.45) is 1.47. The molecule has 2 heterocycles. The minimum Gasteiger partial charge on any atom is -0.344 e. The van der Waals surface area contributed by atoms with E-state index in [9.17, 15) is 0 Å². The lowest BCUT2D eigenvalue weighted by atomic mass is 10.2. The number of halogens is 1. The smallest absolute Gasteiger partial charge is 0.139 e. The highest BCUT2D eigenvalue weighted by Gasteiger charge is 2.07. The Hall–Kier alpha value is -1.53. The van der Waals surface area contributed by atoms with Crippen LogP contribution in [0.4, 0.5) is 0 Å². The van der Waals surface area contributed by atoms with Crippen molar-refractivity contribution in [2.24, 2.45) is 0 Å². The first kappa shape index (κ1) is 8.09. The Morgan fingerprint density at radius 3 is 3.08 bits per heavy atom. The first-order chi connectivity index (χ1) is 6.22. The van der Waals surface area contributed by atoms with Crippen molar-refractivity contribution < 1.29 is 0 Å². The summed E-state index contributed by atoms with van der Waals surface area (Å²) in [5.41, 5.74) is 2.12. The van der Waals surface area contributed by atoms with Gasteiger partial charge in [0.05, 0.1) is 10.6 Å². The second kappa shape index (κ2) is 2.75. The van der Waals surface area contributed by atoms with Gasteiger partial charge in [0.2, 0.25) is 0 Å². The molecule has 2 rings (SSSR count). The molecule has 13 heavy (non-hydrogen) atoms. The van der Waals surface area contributed by atoms with Gasteiger partial charge in [-0.15, -0.1) is 0 Å². The number of H-pyrrole nitrogens is 1. The van der Waals surface area contributed by atoms with E-state index in [0.29, 0.717) is 10.6 Å². The Morgan fingerprint density at radius 2 is 2.38 bits per heavy atom. The van der Waals surface area contributed by atoms with Crippen LogP contribution in [0.5, 0.6) is 0 Å². The van der Waals surface area contributed by atoms with Gasteiger partial charge in [0.1, 0.15) is 11.7 Å². The van der Waals surface area contributed by atoms with Crippen LogP contribution in [-0.4, -0.2) is 9.97 Å². The van der Waals surface area contributed by atoms with E-state index in [1.54, 1.807) is 0 Å². The van der Waals surface area contributed by atoms with Crippen LogP contribution in [-0.2, 0) is 0 Å². The quantitative estimate of drug-likeness (QED) is 0.695. The topological polar surface area (TPSA) is 52.5 Å². The van der Waals surface area contributed by atoms with Crippen molar-refractivity contribution in [1.29, 1.82) is 5.26 Å². The number of hydrogen-bond donors (Lipinski definition) is 1. The van der Waals surface area contributed by atoms with Crippen LogP contribution < -0.4 is 0 Å². The molecule has 0 amide bonds. The third-order valence-electron chi connectivity index (χ3n) is 1.85. The molecule has 0 bridgehead atoms. The first-order valence-electron chi connectivity index (χ1n) is 3.76. The highest BCUT2D eigenvalue weighted by Crippen LogP contribution is 2.25. The second-order valence-corrected chi connectivity index (χ2v) is 3.19. The molecule has 0 aliphatic rings. The van der Waals surface area contributed by atoms with Crippen molar-refractivity contribution in [3.05, 3.63) is 28.5 Å². The third-order valence-corrected chi connectivity index (χ3v) is 2.25. The molecule has 0 saturated carbocycles. The zero-order chi connectivity index (χ0) is 9.42. The fourth-order valence-corrected chi connectivity index (χ4v) is 1.49. The molecule has 64 valence electrons. The highest BCUT2D eigenvalue weighted by molar-refractivity contribution is 6.36.